The van der Waals surface area contributed by atoms with Crippen LogP contribution in [0.1, 0.15) is 31.1 Å². The number of benzene rings is 2. The Morgan fingerprint density at radius 1 is 1.00 bits per heavy atom. The van der Waals surface area contributed by atoms with Crippen molar-refractivity contribution in [3.63, 3.8) is 0 Å². The molecule has 2 aromatic carbocycles. The predicted molar refractivity (Wildman–Crippen MR) is 116 cm³/mol. The lowest BCUT2D eigenvalue weighted by atomic mass is 10.1. The fourth-order valence-electron chi connectivity index (χ4n) is 3.87. The summed E-state index contributed by atoms with van der Waals surface area (Å²) in [7, 11) is -4.14. The molecule has 0 spiro atoms. The summed E-state index contributed by atoms with van der Waals surface area (Å²) in [5.41, 5.74) is 2.01. The number of nitrogens with zero attached hydrogens (tertiary/aromatic N) is 3. The maximum absolute atomic E-state index is 13.3. The molecule has 32 heavy (non-hydrogen) atoms. The Morgan fingerprint density at radius 3 is 2.06 bits per heavy atom. The zero-order valence-electron chi connectivity index (χ0n) is 18.1. The van der Waals surface area contributed by atoms with Gasteiger partial charge in [0.1, 0.15) is 6.17 Å². The van der Waals surface area contributed by atoms with Crippen molar-refractivity contribution in [2.24, 2.45) is 0 Å². The van der Waals surface area contributed by atoms with E-state index >= 15 is 0 Å². The number of hydrogen-bond donors (Lipinski definition) is 0. The monoisotopic (exact) mass is 469 g/mol. The summed E-state index contributed by atoms with van der Waals surface area (Å²) >= 11 is 0. The molecule has 1 aliphatic rings. The first kappa shape index (κ1) is 24.1. The molecule has 0 aromatic heterocycles. The standard InChI is InChI=1S/C22H26F3N3O3S/c1-4-26(5-2)18-10-8-17(9-11-18)20-27(21(29)22(23,24)25)14-15-28(20)32(30,31)19-12-6-16(3)7-13-19/h6-13,20H,4-5,14-15H2,1-3H3/t20-/m1/s1. The smallest absolute Gasteiger partial charge is 0.372 e. The molecule has 1 heterocycles. The van der Waals surface area contributed by atoms with Crippen molar-refractivity contribution in [3.8, 4) is 0 Å². The minimum absolute atomic E-state index is 0.0332. The molecule has 1 atom stereocenters. The van der Waals surface area contributed by atoms with E-state index in [-0.39, 0.29) is 18.0 Å². The SMILES string of the molecule is CCN(CC)c1ccc([C@@H]2N(C(=O)C(F)(F)F)CCN2S(=O)(=O)c2ccc(C)cc2)cc1. The maximum Gasteiger partial charge on any atom is 0.471 e. The van der Waals surface area contributed by atoms with Gasteiger partial charge in [0, 0.05) is 31.9 Å². The van der Waals surface area contributed by atoms with Gasteiger partial charge in [-0.3, -0.25) is 4.79 Å². The van der Waals surface area contributed by atoms with Gasteiger partial charge in [-0.2, -0.15) is 17.5 Å². The molecule has 6 nitrogen and oxygen atoms in total. The van der Waals surface area contributed by atoms with Crippen LogP contribution in [0, 0.1) is 6.92 Å². The molecule has 1 amide bonds. The summed E-state index contributed by atoms with van der Waals surface area (Å²) in [6, 6.07) is 12.7. The third-order valence-electron chi connectivity index (χ3n) is 5.58. The van der Waals surface area contributed by atoms with Crippen LogP contribution in [0.4, 0.5) is 18.9 Å². The van der Waals surface area contributed by atoms with E-state index in [0.29, 0.717) is 10.5 Å². The van der Waals surface area contributed by atoms with Crippen molar-refractivity contribution in [2.45, 2.75) is 38.0 Å². The van der Waals surface area contributed by atoms with Crippen LogP contribution in [0.5, 0.6) is 0 Å². The molecule has 0 bridgehead atoms. The molecule has 0 radical (unpaired) electrons. The predicted octanol–water partition coefficient (Wildman–Crippen LogP) is 3.94. The van der Waals surface area contributed by atoms with E-state index in [1.54, 1.807) is 43.3 Å². The van der Waals surface area contributed by atoms with Gasteiger partial charge in [0.25, 0.3) is 0 Å². The molecule has 0 N–H and O–H groups in total. The van der Waals surface area contributed by atoms with Gasteiger partial charge in [0.15, 0.2) is 0 Å². The fraction of sp³-hybridized carbons (Fsp3) is 0.409. The Kier molecular flexibility index (Phi) is 6.85. The Labute approximate surface area is 186 Å². The lowest BCUT2D eigenvalue weighted by Crippen LogP contribution is -2.43. The number of hydrogen-bond acceptors (Lipinski definition) is 4. The molecule has 1 fully saturated rings. The van der Waals surface area contributed by atoms with Crippen LogP contribution in [0.15, 0.2) is 53.4 Å². The van der Waals surface area contributed by atoms with Gasteiger partial charge in [0.05, 0.1) is 4.90 Å². The Hall–Kier alpha value is -2.59. The maximum atomic E-state index is 13.3. The molecule has 1 saturated heterocycles. The lowest BCUT2D eigenvalue weighted by Gasteiger charge is -2.31. The number of carbonyl (C=O) groups excluding carboxylic acids is 1. The molecule has 10 heteroatoms. The largest absolute Gasteiger partial charge is 0.471 e. The summed E-state index contributed by atoms with van der Waals surface area (Å²) in [5, 5.41) is 0. The van der Waals surface area contributed by atoms with Crippen molar-refractivity contribution in [3.05, 3.63) is 59.7 Å². The highest BCUT2D eigenvalue weighted by Crippen LogP contribution is 2.38. The minimum atomic E-state index is -5.11. The van der Waals surface area contributed by atoms with Crippen LogP contribution in [0.25, 0.3) is 0 Å². The van der Waals surface area contributed by atoms with Crippen molar-refractivity contribution in [1.29, 1.82) is 0 Å². The molecule has 0 unspecified atom stereocenters. The summed E-state index contributed by atoms with van der Waals surface area (Å²) in [4.78, 5) is 14.7. The van der Waals surface area contributed by atoms with Crippen LogP contribution in [0.3, 0.4) is 0 Å². The van der Waals surface area contributed by atoms with Crippen molar-refractivity contribution in [1.82, 2.24) is 9.21 Å². The summed E-state index contributed by atoms with van der Waals surface area (Å²) in [6.45, 7) is 6.66. The summed E-state index contributed by atoms with van der Waals surface area (Å²) in [6.07, 6.45) is -6.50. The number of alkyl halides is 3. The van der Waals surface area contributed by atoms with Crippen molar-refractivity contribution >= 4 is 21.6 Å². The van der Waals surface area contributed by atoms with Crippen LogP contribution in [-0.2, 0) is 14.8 Å². The summed E-state index contributed by atoms with van der Waals surface area (Å²) < 4.78 is 67.4. The number of halogens is 3. The average Bonchev–Trinajstić information content (AvgIpc) is 3.20. The first-order chi connectivity index (χ1) is 15.0. The van der Waals surface area contributed by atoms with E-state index in [1.165, 1.54) is 12.1 Å². The van der Waals surface area contributed by atoms with E-state index in [1.807, 2.05) is 13.8 Å². The van der Waals surface area contributed by atoms with Crippen LogP contribution >= 0.6 is 0 Å². The molecule has 0 aliphatic carbocycles. The molecule has 3 rings (SSSR count). The van der Waals surface area contributed by atoms with Gasteiger partial charge in [0.2, 0.25) is 10.0 Å². The Balaban J connectivity index is 2.05. The number of rotatable bonds is 6. The van der Waals surface area contributed by atoms with Crippen LogP contribution in [0.2, 0.25) is 0 Å². The number of aryl methyl sites for hydroxylation is 1. The van der Waals surface area contributed by atoms with Gasteiger partial charge in [-0.25, -0.2) is 8.42 Å². The van der Waals surface area contributed by atoms with Gasteiger partial charge in [-0.15, -0.1) is 0 Å². The first-order valence-electron chi connectivity index (χ1n) is 10.3. The molecular formula is C22H26F3N3O3S. The minimum Gasteiger partial charge on any atom is -0.372 e. The van der Waals surface area contributed by atoms with E-state index in [0.717, 1.165) is 28.6 Å². The highest BCUT2D eigenvalue weighted by Gasteiger charge is 2.51. The molecule has 1 aliphatic heterocycles. The molecule has 2 aromatic rings. The second kappa shape index (κ2) is 9.11. The van der Waals surface area contributed by atoms with Gasteiger partial charge in [-0.1, -0.05) is 29.8 Å². The molecule has 0 saturated carbocycles. The van der Waals surface area contributed by atoms with E-state index in [9.17, 15) is 26.4 Å². The number of amides is 1. The van der Waals surface area contributed by atoms with Gasteiger partial charge < -0.3 is 9.80 Å². The zero-order chi connectivity index (χ0) is 23.7. The average molecular weight is 470 g/mol. The first-order valence-corrected chi connectivity index (χ1v) is 11.8. The fourth-order valence-corrected chi connectivity index (χ4v) is 5.44. The Bertz CT molecular complexity index is 1050. The number of carbonyl (C=O) groups is 1. The zero-order valence-corrected chi connectivity index (χ0v) is 18.9. The van der Waals surface area contributed by atoms with E-state index in [2.05, 4.69) is 4.90 Å². The normalized spacial score (nSPS) is 17.6. The third kappa shape index (κ3) is 4.61. The number of sulfonamides is 1. The quantitative estimate of drug-likeness (QED) is 0.643. The Morgan fingerprint density at radius 2 is 1.56 bits per heavy atom. The highest BCUT2D eigenvalue weighted by molar-refractivity contribution is 7.89. The van der Waals surface area contributed by atoms with E-state index < -0.39 is 28.3 Å². The third-order valence-corrected chi connectivity index (χ3v) is 7.45. The second-order valence-electron chi connectivity index (χ2n) is 7.56. The van der Waals surface area contributed by atoms with Crippen molar-refractivity contribution in [2.75, 3.05) is 31.1 Å². The van der Waals surface area contributed by atoms with Crippen molar-refractivity contribution < 1.29 is 26.4 Å². The molecule has 174 valence electrons. The van der Waals surface area contributed by atoms with Crippen LogP contribution < -0.4 is 4.90 Å². The summed E-state index contributed by atoms with van der Waals surface area (Å²) in [5.74, 6) is -2.06. The number of anilines is 1. The lowest BCUT2D eigenvalue weighted by molar-refractivity contribution is -0.187. The van der Waals surface area contributed by atoms with E-state index in [4.69, 9.17) is 0 Å². The van der Waals surface area contributed by atoms with Crippen LogP contribution in [-0.4, -0.2) is 55.9 Å². The topological polar surface area (TPSA) is 60.9 Å². The molecular weight excluding hydrogens is 443 g/mol. The van der Waals surface area contributed by atoms with Gasteiger partial charge in [-0.05, 0) is 50.6 Å². The highest BCUT2D eigenvalue weighted by atomic mass is 32.2. The van der Waals surface area contributed by atoms with Gasteiger partial charge >= 0.3 is 12.1 Å². The second-order valence-corrected chi connectivity index (χ2v) is 9.45.